The van der Waals surface area contributed by atoms with Gasteiger partial charge in [-0.1, -0.05) is 42.2 Å². The van der Waals surface area contributed by atoms with Crippen LogP contribution < -0.4 is 4.74 Å². The van der Waals surface area contributed by atoms with Crippen LogP contribution in [0.2, 0.25) is 0 Å². The normalized spacial score (nSPS) is 9.76. The van der Waals surface area contributed by atoms with Crippen molar-refractivity contribution in [1.29, 1.82) is 0 Å². The van der Waals surface area contributed by atoms with Crippen molar-refractivity contribution in [1.82, 2.24) is 4.98 Å². The average Bonchev–Trinajstić information content (AvgIpc) is 2.53. The Balaban J connectivity index is 1.78. The minimum absolute atomic E-state index is 0.552. The minimum Gasteiger partial charge on any atom is -0.492 e. The van der Waals surface area contributed by atoms with E-state index in [0.29, 0.717) is 18.9 Å². The van der Waals surface area contributed by atoms with Crippen molar-refractivity contribution in [2.75, 3.05) is 12.5 Å². The van der Waals surface area contributed by atoms with Crippen molar-refractivity contribution in [3.63, 3.8) is 0 Å². The van der Waals surface area contributed by atoms with Gasteiger partial charge in [-0.3, -0.25) is 4.98 Å². The number of nitrogens with zero attached hydrogens (tertiary/aromatic N) is 1. The second-order valence-electron chi connectivity index (χ2n) is 4.59. The fourth-order valence-electron chi connectivity index (χ4n) is 1.89. The first-order valence-electron chi connectivity index (χ1n) is 7.05. The third kappa shape index (κ3) is 5.89. The molecule has 2 aromatic rings. The standard InChI is InChI=1S/C18H18ClNO/c19-11-5-4-9-17-13-18(15-20-14-17)21-12-6-10-16-7-2-1-3-8-16/h1-3,7-8,13-15H,5-6,10-12H2. The van der Waals surface area contributed by atoms with Crippen LogP contribution in [0.3, 0.4) is 0 Å². The van der Waals surface area contributed by atoms with Crippen LogP contribution in [-0.4, -0.2) is 17.5 Å². The van der Waals surface area contributed by atoms with Crippen LogP contribution in [0.1, 0.15) is 24.0 Å². The maximum Gasteiger partial charge on any atom is 0.138 e. The maximum absolute atomic E-state index is 5.72. The largest absolute Gasteiger partial charge is 0.492 e. The van der Waals surface area contributed by atoms with E-state index < -0.39 is 0 Å². The molecule has 2 rings (SSSR count). The van der Waals surface area contributed by atoms with Crippen molar-refractivity contribution in [3.8, 4) is 17.6 Å². The number of hydrogen-bond acceptors (Lipinski definition) is 2. The SMILES string of the molecule is ClCCC#Cc1cncc(OCCCc2ccccc2)c1. The van der Waals surface area contributed by atoms with Gasteiger partial charge >= 0.3 is 0 Å². The van der Waals surface area contributed by atoms with Gasteiger partial charge < -0.3 is 4.74 Å². The molecule has 0 saturated heterocycles. The van der Waals surface area contributed by atoms with E-state index in [4.69, 9.17) is 16.3 Å². The summed E-state index contributed by atoms with van der Waals surface area (Å²) >= 11 is 5.59. The summed E-state index contributed by atoms with van der Waals surface area (Å²) in [6.07, 6.45) is 6.13. The Bertz CT molecular complexity index is 601. The zero-order chi connectivity index (χ0) is 14.8. The monoisotopic (exact) mass is 299 g/mol. The summed E-state index contributed by atoms with van der Waals surface area (Å²) in [6.45, 7) is 0.676. The van der Waals surface area contributed by atoms with Crippen LogP contribution in [0.25, 0.3) is 0 Å². The molecule has 1 aromatic heterocycles. The van der Waals surface area contributed by atoms with Gasteiger partial charge in [0.25, 0.3) is 0 Å². The number of rotatable bonds is 6. The quantitative estimate of drug-likeness (QED) is 0.456. The van der Waals surface area contributed by atoms with Crippen molar-refractivity contribution in [2.24, 2.45) is 0 Å². The third-order valence-electron chi connectivity index (χ3n) is 2.89. The van der Waals surface area contributed by atoms with E-state index in [1.54, 1.807) is 12.4 Å². The van der Waals surface area contributed by atoms with Crippen molar-refractivity contribution in [3.05, 3.63) is 59.9 Å². The van der Waals surface area contributed by atoms with Gasteiger partial charge in [-0.2, -0.15) is 0 Å². The van der Waals surface area contributed by atoms with E-state index in [1.165, 1.54) is 5.56 Å². The zero-order valence-electron chi connectivity index (χ0n) is 11.9. The first kappa shape index (κ1) is 15.4. The molecule has 0 spiro atoms. The minimum atomic E-state index is 0.552. The first-order chi connectivity index (χ1) is 10.4. The predicted molar refractivity (Wildman–Crippen MR) is 86.7 cm³/mol. The van der Waals surface area contributed by atoms with Crippen LogP contribution in [0.5, 0.6) is 5.75 Å². The number of ether oxygens (including phenoxy) is 1. The Morgan fingerprint density at radius 2 is 2.00 bits per heavy atom. The summed E-state index contributed by atoms with van der Waals surface area (Å²) in [5.41, 5.74) is 2.19. The molecule has 0 atom stereocenters. The van der Waals surface area contributed by atoms with Crippen molar-refractivity contribution < 1.29 is 4.74 Å². The molecule has 0 aliphatic carbocycles. The topological polar surface area (TPSA) is 22.1 Å². The fraction of sp³-hybridized carbons (Fsp3) is 0.278. The number of benzene rings is 1. The highest BCUT2D eigenvalue weighted by Crippen LogP contribution is 2.11. The second kappa shape index (κ2) is 9.05. The molecule has 0 aliphatic rings. The molecule has 0 N–H and O–H groups in total. The molecule has 1 aromatic carbocycles. The van der Waals surface area contributed by atoms with Crippen LogP contribution in [-0.2, 0) is 6.42 Å². The Hall–Kier alpha value is -1.98. The summed E-state index contributed by atoms with van der Waals surface area (Å²) in [5, 5.41) is 0. The molecule has 1 heterocycles. The summed E-state index contributed by atoms with van der Waals surface area (Å²) in [6, 6.07) is 12.3. The number of halogens is 1. The number of aromatic nitrogens is 1. The molecule has 0 unspecified atom stereocenters. The zero-order valence-corrected chi connectivity index (χ0v) is 12.6. The molecule has 0 fully saturated rings. The maximum atomic E-state index is 5.72. The van der Waals surface area contributed by atoms with Gasteiger partial charge in [0, 0.05) is 24.1 Å². The highest BCUT2D eigenvalue weighted by Gasteiger charge is 1.97. The lowest BCUT2D eigenvalue weighted by molar-refractivity contribution is 0.310. The Morgan fingerprint density at radius 1 is 1.14 bits per heavy atom. The van der Waals surface area contributed by atoms with Gasteiger partial charge in [0.2, 0.25) is 0 Å². The van der Waals surface area contributed by atoms with Crippen LogP contribution >= 0.6 is 11.6 Å². The molecular formula is C18H18ClNO. The van der Waals surface area contributed by atoms with Gasteiger partial charge in [-0.25, -0.2) is 0 Å². The highest BCUT2D eigenvalue weighted by atomic mass is 35.5. The van der Waals surface area contributed by atoms with Gasteiger partial charge in [0.1, 0.15) is 5.75 Å². The molecule has 108 valence electrons. The molecule has 0 bridgehead atoms. The molecule has 0 amide bonds. The third-order valence-corrected chi connectivity index (χ3v) is 3.08. The number of alkyl halides is 1. The smallest absolute Gasteiger partial charge is 0.138 e. The molecular weight excluding hydrogens is 282 g/mol. The van der Waals surface area contributed by atoms with E-state index in [0.717, 1.165) is 24.2 Å². The van der Waals surface area contributed by atoms with Crippen molar-refractivity contribution in [2.45, 2.75) is 19.3 Å². The average molecular weight is 300 g/mol. The predicted octanol–water partition coefficient (Wildman–Crippen LogP) is 4.07. The number of pyridine rings is 1. The van der Waals surface area contributed by atoms with E-state index >= 15 is 0 Å². The van der Waals surface area contributed by atoms with Crippen LogP contribution in [0.4, 0.5) is 0 Å². The van der Waals surface area contributed by atoms with Gasteiger partial charge in [-0.05, 0) is 24.5 Å². The Kier molecular flexibility index (Phi) is 6.64. The molecule has 3 heteroatoms. The van der Waals surface area contributed by atoms with Gasteiger partial charge in [-0.15, -0.1) is 11.6 Å². The Morgan fingerprint density at radius 3 is 2.81 bits per heavy atom. The lowest BCUT2D eigenvalue weighted by Gasteiger charge is -2.06. The first-order valence-corrected chi connectivity index (χ1v) is 7.58. The highest BCUT2D eigenvalue weighted by molar-refractivity contribution is 6.18. The lowest BCUT2D eigenvalue weighted by Crippen LogP contribution is -2.00. The number of hydrogen-bond donors (Lipinski definition) is 0. The van der Waals surface area contributed by atoms with E-state index in [-0.39, 0.29) is 0 Å². The second-order valence-corrected chi connectivity index (χ2v) is 4.97. The summed E-state index contributed by atoms with van der Waals surface area (Å²) in [4.78, 5) is 4.14. The van der Waals surface area contributed by atoms with Crippen LogP contribution in [0.15, 0.2) is 48.8 Å². The van der Waals surface area contributed by atoms with E-state index in [2.05, 4.69) is 41.1 Å². The van der Waals surface area contributed by atoms with Gasteiger partial charge in [0.15, 0.2) is 0 Å². The molecule has 0 aliphatic heterocycles. The van der Waals surface area contributed by atoms with E-state index in [9.17, 15) is 0 Å². The number of aryl methyl sites for hydroxylation is 1. The molecule has 2 nitrogen and oxygen atoms in total. The van der Waals surface area contributed by atoms with Crippen molar-refractivity contribution >= 4 is 11.6 Å². The Labute approximate surface area is 131 Å². The summed E-state index contributed by atoms with van der Waals surface area (Å²) in [7, 11) is 0. The fourth-order valence-corrected chi connectivity index (χ4v) is 1.98. The molecule has 0 radical (unpaired) electrons. The summed E-state index contributed by atoms with van der Waals surface area (Å²) < 4.78 is 5.72. The van der Waals surface area contributed by atoms with Crippen LogP contribution in [0, 0.1) is 11.8 Å². The van der Waals surface area contributed by atoms with Gasteiger partial charge in [0.05, 0.1) is 12.8 Å². The molecule has 0 saturated carbocycles. The molecule has 21 heavy (non-hydrogen) atoms. The van der Waals surface area contributed by atoms with E-state index in [1.807, 2.05) is 12.1 Å². The lowest BCUT2D eigenvalue weighted by atomic mass is 10.1. The summed E-state index contributed by atoms with van der Waals surface area (Å²) in [5.74, 6) is 7.33.